The zero-order valence-corrected chi connectivity index (χ0v) is 37.5. The Kier molecular flexibility index (Phi) is 11.3. The molecule has 8 nitrogen and oxygen atoms in total. The number of benzene rings is 8. The zero-order valence-electron chi connectivity index (χ0n) is 37.5. The third kappa shape index (κ3) is 7.08. The summed E-state index contributed by atoms with van der Waals surface area (Å²) in [6.45, 7) is 4.76. The van der Waals surface area contributed by atoms with Gasteiger partial charge in [0.1, 0.15) is 24.3 Å². The molecule has 0 fully saturated rings. The van der Waals surface area contributed by atoms with Gasteiger partial charge in [0, 0.05) is 57.4 Å². The van der Waals surface area contributed by atoms with Gasteiger partial charge in [0.2, 0.25) is 0 Å². The fraction of sp³-hybridized carbons (Fsp3) is 0.0667. The molecule has 322 valence electrons. The summed E-state index contributed by atoms with van der Waals surface area (Å²) in [7, 11) is 0. The highest BCUT2D eigenvalue weighted by molar-refractivity contribution is 6.09. The van der Waals surface area contributed by atoms with Crippen LogP contribution in [0, 0.1) is 45.3 Å². The first kappa shape index (κ1) is 42.4. The van der Waals surface area contributed by atoms with E-state index in [2.05, 4.69) is 155 Å². The lowest BCUT2D eigenvalue weighted by atomic mass is 10.0. The topological polar surface area (TPSA) is 112 Å². The summed E-state index contributed by atoms with van der Waals surface area (Å²) in [5.41, 5.74) is 8.75. The number of hydrogen-bond acceptors (Lipinski definition) is 6. The molecule has 0 aliphatic heterocycles. The number of nitriles is 4. The molecule has 0 bridgehead atoms. The van der Waals surface area contributed by atoms with Crippen LogP contribution >= 0.6 is 0 Å². The van der Waals surface area contributed by atoms with E-state index in [4.69, 9.17) is 0 Å². The molecule has 2 heterocycles. The van der Waals surface area contributed by atoms with Gasteiger partial charge in [-0.25, -0.2) is 0 Å². The fourth-order valence-corrected chi connectivity index (χ4v) is 9.83. The quantitative estimate of drug-likeness (QED) is 0.135. The van der Waals surface area contributed by atoms with Crippen LogP contribution in [-0.2, 0) is 13.1 Å². The minimum absolute atomic E-state index is 0.0646. The second-order valence-electron chi connectivity index (χ2n) is 16.3. The number of aromatic nitrogens is 2. The van der Waals surface area contributed by atoms with E-state index in [0.29, 0.717) is 45.9 Å². The van der Waals surface area contributed by atoms with Crippen molar-refractivity contribution in [2.75, 3.05) is 9.80 Å². The largest absolute Gasteiger partial charge is 0.338 e. The van der Waals surface area contributed by atoms with Gasteiger partial charge in [-0.3, -0.25) is 0 Å². The SMILES string of the molecule is CCn1c(-c2ccc(N(c3ccccc3)c3cccc4ccccc34)cc2)c2c(=C(C#N)C#N)n(CC)c(-c3ccc(N(c4ccccc4)c4cccc5ccccc45)cc3)c2c1=C(C#N)C#N. The van der Waals surface area contributed by atoms with Crippen LogP contribution in [0.2, 0.25) is 0 Å². The van der Waals surface area contributed by atoms with Gasteiger partial charge in [0.25, 0.3) is 0 Å². The van der Waals surface area contributed by atoms with Crippen LogP contribution in [0.5, 0.6) is 0 Å². The molecule has 0 N–H and O–H groups in total. The molecule has 2 aromatic heterocycles. The van der Waals surface area contributed by atoms with Crippen molar-refractivity contribution in [3.63, 3.8) is 0 Å². The molecule has 0 saturated carbocycles. The van der Waals surface area contributed by atoms with Crippen molar-refractivity contribution >= 4 is 77.6 Å². The Morgan fingerprint density at radius 1 is 0.382 bits per heavy atom. The van der Waals surface area contributed by atoms with Crippen LogP contribution in [0.15, 0.2) is 194 Å². The number of rotatable bonds is 10. The van der Waals surface area contributed by atoms with Gasteiger partial charge in [-0.05, 0) is 96.4 Å². The van der Waals surface area contributed by atoms with Crippen LogP contribution in [0.4, 0.5) is 34.1 Å². The molecule has 10 aromatic rings. The van der Waals surface area contributed by atoms with Gasteiger partial charge in [0.05, 0.1) is 33.5 Å². The maximum absolute atomic E-state index is 10.7. The summed E-state index contributed by atoms with van der Waals surface area (Å²) >= 11 is 0. The van der Waals surface area contributed by atoms with Crippen LogP contribution in [0.3, 0.4) is 0 Å². The highest BCUT2D eigenvalue weighted by Crippen LogP contribution is 2.43. The molecule has 0 aliphatic carbocycles. The summed E-state index contributed by atoms with van der Waals surface area (Å²) in [4.78, 5) is 4.47. The minimum Gasteiger partial charge on any atom is -0.338 e. The van der Waals surface area contributed by atoms with E-state index in [1.54, 1.807) is 0 Å². The van der Waals surface area contributed by atoms with E-state index >= 15 is 0 Å². The molecule has 0 saturated heterocycles. The number of fused-ring (bicyclic) bond motifs is 3. The average molecular weight is 875 g/mol. The summed E-state index contributed by atoms with van der Waals surface area (Å²) in [6, 6.07) is 75.1. The molecule has 68 heavy (non-hydrogen) atoms. The summed E-state index contributed by atoms with van der Waals surface area (Å²) in [6.07, 6.45) is 0. The monoisotopic (exact) mass is 874 g/mol. The maximum Gasteiger partial charge on any atom is 0.153 e. The lowest BCUT2D eigenvalue weighted by Crippen LogP contribution is -2.23. The zero-order chi connectivity index (χ0) is 46.7. The van der Waals surface area contributed by atoms with Crippen LogP contribution in [0.25, 0.3) is 66.0 Å². The van der Waals surface area contributed by atoms with E-state index in [9.17, 15) is 21.0 Å². The third-order valence-corrected chi connectivity index (χ3v) is 12.7. The first-order valence-corrected chi connectivity index (χ1v) is 22.5. The number of nitrogens with zero attached hydrogens (tertiary/aromatic N) is 8. The van der Waals surface area contributed by atoms with Crippen LogP contribution in [0.1, 0.15) is 13.8 Å². The van der Waals surface area contributed by atoms with Gasteiger partial charge in [-0.2, -0.15) is 21.0 Å². The molecular weight excluding hydrogens is 833 g/mol. The number of para-hydroxylation sites is 2. The predicted octanol–water partition coefficient (Wildman–Crippen LogP) is 13.5. The molecule has 0 aliphatic rings. The molecule has 8 aromatic carbocycles. The van der Waals surface area contributed by atoms with Crippen molar-refractivity contribution in [2.24, 2.45) is 0 Å². The standard InChI is InChI=1S/C60H42N8/c1-3-65-57(43-29-33-49(34-30-43)67(47-21-7-5-8-22-47)53-27-15-19-41-17-11-13-25-51(41)53)55-56(59(65)45(37-61)38-62)58(66(4-2)60(55)46(39-63)40-64)44-31-35-50(36-32-44)68(48-23-9-6-10-24-48)54-28-16-20-42-18-12-14-26-52(42)54/h5-36H,3-4H2,1-2H3. The Hall–Kier alpha value is -9.60. The first-order chi connectivity index (χ1) is 33.5. The Balaban J connectivity index is 1.22. The van der Waals surface area contributed by atoms with Gasteiger partial charge in [0.15, 0.2) is 11.1 Å². The molecule has 10 rings (SSSR count). The highest BCUT2D eigenvalue weighted by atomic mass is 15.1. The molecular formula is C60H42N8. The maximum atomic E-state index is 10.7. The number of hydrogen-bond donors (Lipinski definition) is 0. The van der Waals surface area contributed by atoms with Crippen molar-refractivity contribution in [1.82, 2.24) is 9.13 Å². The van der Waals surface area contributed by atoms with E-state index in [1.165, 1.54) is 0 Å². The fourth-order valence-electron chi connectivity index (χ4n) is 9.83. The predicted molar refractivity (Wildman–Crippen MR) is 275 cm³/mol. The Morgan fingerprint density at radius 3 is 1.06 bits per heavy atom. The van der Waals surface area contributed by atoms with Crippen LogP contribution < -0.4 is 20.5 Å². The molecule has 0 spiro atoms. The van der Waals surface area contributed by atoms with E-state index in [-0.39, 0.29) is 11.1 Å². The Labute approximate surface area is 394 Å². The second-order valence-corrected chi connectivity index (χ2v) is 16.3. The summed E-state index contributed by atoms with van der Waals surface area (Å²) < 4.78 is 3.99. The van der Waals surface area contributed by atoms with Gasteiger partial charge in [-0.1, -0.05) is 133 Å². The van der Waals surface area contributed by atoms with Crippen molar-refractivity contribution in [3.8, 4) is 46.8 Å². The van der Waals surface area contributed by atoms with Crippen LogP contribution in [-0.4, -0.2) is 9.13 Å². The highest BCUT2D eigenvalue weighted by Gasteiger charge is 2.28. The molecule has 0 unspecified atom stereocenters. The first-order valence-electron chi connectivity index (χ1n) is 22.5. The second kappa shape index (κ2) is 18.1. The van der Waals surface area contributed by atoms with Gasteiger partial charge in [-0.15, -0.1) is 0 Å². The molecule has 0 amide bonds. The Morgan fingerprint density at radius 2 is 0.706 bits per heavy atom. The van der Waals surface area contributed by atoms with E-state index < -0.39 is 0 Å². The van der Waals surface area contributed by atoms with Crippen molar-refractivity contribution in [3.05, 3.63) is 205 Å². The smallest absolute Gasteiger partial charge is 0.153 e. The lowest BCUT2D eigenvalue weighted by molar-refractivity contribution is 0.741. The van der Waals surface area contributed by atoms with E-state index in [0.717, 1.165) is 66.8 Å². The molecule has 8 heteroatoms. The van der Waals surface area contributed by atoms with Crippen molar-refractivity contribution in [1.29, 1.82) is 21.0 Å². The normalized spacial score (nSPS) is 10.9. The third-order valence-electron chi connectivity index (χ3n) is 12.7. The van der Waals surface area contributed by atoms with E-state index in [1.807, 2.05) is 95.8 Å². The van der Waals surface area contributed by atoms with Gasteiger partial charge < -0.3 is 18.9 Å². The lowest BCUT2D eigenvalue weighted by Gasteiger charge is -2.27. The molecule has 0 atom stereocenters. The van der Waals surface area contributed by atoms with Crippen molar-refractivity contribution < 1.29 is 0 Å². The van der Waals surface area contributed by atoms with Gasteiger partial charge >= 0.3 is 0 Å². The summed E-state index contributed by atoms with van der Waals surface area (Å²) in [5, 5.41) is 49.3. The minimum atomic E-state index is -0.0646. The Bertz CT molecular complexity index is 3560. The molecule has 0 radical (unpaired) electrons. The average Bonchev–Trinajstić information content (AvgIpc) is 3.90. The van der Waals surface area contributed by atoms with Crippen molar-refractivity contribution in [2.45, 2.75) is 26.9 Å². The number of anilines is 6. The summed E-state index contributed by atoms with van der Waals surface area (Å²) in [5.74, 6) is 0.